The van der Waals surface area contributed by atoms with Gasteiger partial charge in [0, 0.05) is 17.1 Å². The Kier molecular flexibility index (Phi) is 5.64. The maximum absolute atomic E-state index is 11.9. The molecule has 1 N–H and O–H groups in total. The molecule has 21 heavy (non-hydrogen) atoms. The number of hydrogen-bond acceptors (Lipinski definition) is 2. The standard InChI is InChI=1S/C17H18ClNO2/c1-2-21-16-9-6-13(7-10-16)8-11-17(20)19-15-5-3-4-14(18)12-15/h3-7,9-10,12H,2,8,11H2,1H3,(H,19,20). The number of aryl methyl sites for hydroxylation is 1. The van der Waals surface area contributed by atoms with Crippen LogP contribution in [0.5, 0.6) is 5.75 Å². The van der Waals surface area contributed by atoms with E-state index in [0.29, 0.717) is 24.5 Å². The van der Waals surface area contributed by atoms with Gasteiger partial charge in [-0.3, -0.25) is 4.79 Å². The van der Waals surface area contributed by atoms with Crippen LogP contribution in [0.2, 0.25) is 5.02 Å². The van der Waals surface area contributed by atoms with Gasteiger partial charge in [-0.1, -0.05) is 29.8 Å². The molecule has 0 aliphatic carbocycles. The topological polar surface area (TPSA) is 38.3 Å². The second kappa shape index (κ2) is 7.70. The number of carbonyl (C=O) groups is 1. The van der Waals surface area contributed by atoms with Gasteiger partial charge in [-0.25, -0.2) is 0 Å². The molecule has 3 nitrogen and oxygen atoms in total. The highest BCUT2D eigenvalue weighted by molar-refractivity contribution is 6.30. The molecule has 0 fully saturated rings. The predicted octanol–water partition coefficient (Wildman–Crippen LogP) is 4.31. The lowest BCUT2D eigenvalue weighted by Crippen LogP contribution is -2.12. The fraction of sp³-hybridized carbons (Fsp3) is 0.235. The van der Waals surface area contributed by atoms with Gasteiger partial charge in [0.2, 0.25) is 5.91 Å². The zero-order chi connectivity index (χ0) is 15.1. The Bertz CT molecular complexity index is 596. The van der Waals surface area contributed by atoms with Crippen molar-refractivity contribution in [2.24, 2.45) is 0 Å². The molecule has 4 heteroatoms. The summed E-state index contributed by atoms with van der Waals surface area (Å²) in [6.07, 6.45) is 1.12. The maximum atomic E-state index is 11.9. The summed E-state index contributed by atoms with van der Waals surface area (Å²) in [5.41, 5.74) is 1.83. The molecule has 0 bridgehead atoms. The first-order valence-corrected chi connectivity index (χ1v) is 7.32. The predicted molar refractivity (Wildman–Crippen MR) is 86.0 cm³/mol. The van der Waals surface area contributed by atoms with Crippen molar-refractivity contribution in [3.63, 3.8) is 0 Å². The Hall–Kier alpha value is -2.00. The van der Waals surface area contributed by atoms with Gasteiger partial charge in [-0.05, 0) is 49.2 Å². The third-order valence-corrected chi connectivity index (χ3v) is 3.22. The molecule has 0 saturated carbocycles. The summed E-state index contributed by atoms with van der Waals surface area (Å²) in [4.78, 5) is 11.9. The lowest BCUT2D eigenvalue weighted by atomic mass is 10.1. The molecule has 0 radical (unpaired) electrons. The number of ether oxygens (including phenoxy) is 1. The largest absolute Gasteiger partial charge is 0.494 e. The summed E-state index contributed by atoms with van der Waals surface area (Å²) in [5.74, 6) is 0.829. The molecule has 2 rings (SSSR count). The summed E-state index contributed by atoms with van der Waals surface area (Å²) >= 11 is 5.88. The van der Waals surface area contributed by atoms with E-state index in [9.17, 15) is 4.79 Å². The molecule has 0 atom stereocenters. The van der Waals surface area contributed by atoms with E-state index in [4.69, 9.17) is 16.3 Å². The monoisotopic (exact) mass is 303 g/mol. The second-order valence-corrected chi connectivity index (χ2v) is 5.07. The van der Waals surface area contributed by atoms with Crippen LogP contribution in [-0.2, 0) is 11.2 Å². The van der Waals surface area contributed by atoms with Crippen LogP contribution in [0.15, 0.2) is 48.5 Å². The lowest BCUT2D eigenvalue weighted by molar-refractivity contribution is -0.116. The number of halogens is 1. The van der Waals surface area contributed by atoms with Crippen LogP contribution in [0, 0.1) is 0 Å². The first-order chi connectivity index (χ1) is 10.2. The smallest absolute Gasteiger partial charge is 0.224 e. The normalized spacial score (nSPS) is 10.2. The van der Waals surface area contributed by atoms with Crippen molar-refractivity contribution in [3.05, 3.63) is 59.1 Å². The molecule has 2 aromatic carbocycles. The van der Waals surface area contributed by atoms with Gasteiger partial charge in [-0.2, -0.15) is 0 Å². The van der Waals surface area contributed by atoms with Crippen LogP contribution < -0.4 is 10.1 Å². The summed E-state index contributed by atoms with van der Waals surface area (Å²) in [6.45, 7) is 2.61. The van der Waals surface area contributed by atoms with Crippen LogP contribution in [-0.4, -0.2) is 12.5 Å². The molecule has 0 heterocycles. The van der Waals surface area contributed by atoms with Crippen molar-refractivity contribution < 1.29 is 9.53 Å². The van der Waals surface area contributed by atoms with E-state index in [2.05, 4.69) is 5.32 Å². The minimum Gasteiger partial charge on any atom is -0.494 e. The summed E-state index contributed by atoms with van der Waals surface area (Å²) in [7, 11) is 0. The van der Waals surface area contributed by atoms with E-state index >= 15 is 0 Å². The van der Waals surface area contributed by atoms with E-state index in [-0.39, 0.29) is 5.91 Å². The lowest BCUT2D eigenvalue weighted by Gasteiger charge is -2.07. The number of carbonyl (C=O) groups excluding carboxylic acids is 1. The van der Waals surface area contributed by atoms with Crippen molar-refractivity contribution in [1.29, 1.82) is 0 Å². The first kappa shape index (κ1) is 15.4. The fourth-order valence-electron chi connectivity index (χ4n) is 1.97. The van der Waals surface area contributed by atoms with E-state index in [1.165, 1.54) is 0 Å². The van der Waals surface area contributed by atoms with Crippen molar-refractivity contribution >= 4 is 23.2 Å². The van der Waals surface area contributed by atoms with E-state index in [1.807, 2.05) is 43.3 Å². The highest BCUT2D eigenvalue weighted by Gasteiger charge is 2.04. The van der Waals surface area contributed by atoms with Crippen molar-refractivity contribution in [1.82, 2.24) is 0 Å². The first-order valence-electron chi connectivity index (χ1n) is 6.94. The number of amides is 1. The Balaban J connectivity index is 1.83. The zero-order valence-corrected chi connectivity index (χ0v) is 12.7. The Morgan fingerprint density at radius 3 is 2.62 bits per heavy atom. The van der Waals surface area contributed by atoms with Crippen LogP contribution in [0.4, 0.5) is 5.69 Å². The van der Waals surface area contributed by atoms with Crippen LogP contribution in [0.3, 0.4) is 0 Å². The summed E-state index contributed by atoms with van der Waals surface area (Å²) < 4.78 is 5.38. The van der Waals surface area contributed by atoms with Crippen molar-refractivity contribution in [3.8, 4) is 5.75 Å². The quantitative estimate of drug-likeness (QED) is 0.863. The van der Waals surface area contributed by atoms with Gasteiger partial charge >= 0.3 is 0 Å². The van der Waals surface area contributed by atoms with Gasteiger partial charge in [0.15, 0.2) is 0 Å². The minimum atomic E-state index is -0.0221. The van der Waals surface area contributed by atoms with E-state index in [1.54, 1.807) is 12.1 Å². The fourth-order valence-corrected chi connectivity index (χ4v) is 2.16. The zero-order valence-electron chi connectivity index (χ0n) is 11.9. The summed E-state index contributed by atoms with van der Waals surface area (Å²) in [5, 5.41) is 3.45. The van der Waals surface area contributed by atoms with Crippen molar-refractivity contribution in [2.75, 3.05) is 11.9 Å². The molecule has 110 valence electrons. The average molecular weight is 304 g/mol. The molecule has 0 saturated heterocycles. The van der Waals surface area contributed by atoms with Crippen LogP contribution in [0.25, 0.3) is 0 Å². The van der Waals surface area contributed by atoms with E-state index < -0.39 is 0 Å². The number of anilines is 1. The SMILES string of the molecule is CCOc1ccc(CCC(=O)Nc2cccc(Cl)c2)cc1. The molecule has 0 aromatic heterocycles. The Labute approximate surface area is 129 Å². The molecule has 0 aliphatic rings. The molecular weight excluding hydrogens is 286 g/mol. The average Bonchev–Trinajstić information content (AvgIpc) is 2.47. The number of benzene rings is 2. The van der Waals surface area contributed by atoms with Crippen molar-refractivity contribution in [2.45, 2.75) is 19.8 Å². The van der Waals surface area contributed by atoms with Gasteiger partial charge < -0.3 is 10.1 Å². The number of nitrogens with one attached hydrogen (secondary N) is 1. The highest BCUT2D eigenvalue weighted by Crippen LogP contribution is 2.16. The van der Waals surface area contributed by atoms with Crippen LogP contribution >= 0.6 is 11.6 Å². The third kappa shape index (κ3) is 5.12. The van der Waals surface area contributed by atoms with Gasteiger partial charge in [0.25, 0.3) is 0 Å². The van der Waals surface area contributed by atoms with Crippen LogP contribution in [0.1, 0.15) is 18.9 Å². The van der Waals surface area contributed by atoms with E-state index in [0.717, 1.165) is 17.0 Å². The molecule has 1 amide bonds. The minimum absolute atomic E-state index is 0.0221. The molecule has 2 aromatic rings. The number of hydrogen-bond donors (Lipinski definition) is 1. The van der Waals surface area contributed by atoms with Gasteiger partial charge in [-0.15, -0.1) is 0 Å². The summed E-state index contributed by atoms with van der Waals surface area (Å²) in [6, 6.07) is 15.0. The molecule has 0 spiro atoms. The number of rotatable bonds is 6. The third-order valence-electron chi connectivity index (χ3n) is 2.98. The second-order valence-electron chi connectivity index (χ2n) is 4.64. The van der Waals surface area contributed by atoms with Gasteiger partial charge in [0.1, 0.15) is 5.75 Å². The Morgan fingerprint density at radius 2 is 1.95 bits per heavy atom. The van der Waals surface area contributed by atoms with Gasteiger partial charge in [0.05, 0.1) is 6.61 Å². The molecule has 0 aliphatic heterocycles. The maximum Gasteiger partial charge on any atom is 0.224 e. The molecule has 0 unspecified atom stereocenters. The molecular formula is C17H18ClNO2. The highest BCUT2D eigenvalue weighted by atomic mass is 35.5. The Morgan fingerprint density at radius 1 is 1.19 bits per heavy atom.